The van der Waals surface area contributed by atoms with Gasteiger partial charge in [-0.3, -0.25) is 0 Å². The number of benzene rings is 1. The lowest BCUT2D eigenvalue weighted by atomic mass is 9.96. The third-order valence-electron chi connectivity index (χ3n) is 4.06. The van der Waals surface area contributed by atoms with Gasteiger partial charge >= 0.3 is 0 Å². The maximum absolute atomic E-state index is 13.7. The Bertz CT molecular complexity index is 419. The molecule has 1 aliphatic carbocycles. The van der Waals surface area contributed by atoms with Crippen molar-refractivity contribution in [3.8, 4) is 0 Å². The number of hydrogen-bond acceptors (Lipinski definition) is 2. The van der Waals surface area contributed by atoms with E-state index in [1.54, 1.807) is 18.2 Å². The summed E-state index contributed by atoms with van der Waals surface area (Å²) in [5, 5.41) is 10.4. The molecule has 2 rings (SSSR count). The summed E-state index contributed by atoms with van der Waals surface area (Å²) in [6, 6.07) is 6.54. The predicted octanol–water partition coefficient (Wildman–Crippen LogP) is 3.62. The molecule has 112 valence electrons. The van der Waals surface area contributed by atoms with Gasteiger partial charge in [0.15, 0.2) is 0 Å². The first-order valence-electron chi connectivity index (χ1n) is 7.76. The van der Waals surface area contributed by atoms with Crippen LogP contribution < -0.4 is 0 Å². The van der Waals surface area contributed by atoms with E-state index in [0.29, 0.717) is 5.56 Å². The fraction of sp³-hybridized carbons (Fsp3) is 0.647. The molecule has 0 amide bonds. The first kappa shape index (κ1) is 15.5. The third kappa shape index (κ3) is 4.29. The minimum Gasteiger partial charge on any atom is -0.388 e. The second kappa shape index (κ2) is 7.19. The highest BCUT2D eigenvalue weighted by molar-refractivity contribution is 5.20. The summed E-state index contributed by atoms with van der Waals surface area (Å²) >= 11 is 0. The van der Waals surface area contributed by atoms with Crippen molar-refractivity contribution in [1.82, 2.24) is 4.90 Å². The van der Waals surface area contributed by atoms with Crippen molar-refractivity contribution in [2.24, 2.45) is 11.8 Å². The summed E-state index contributed by atoms with van der Waals surface area (Å²) in [6.45, 7) is 7.21. The molecule has 1 aromatic carbocycles. The van der Waals surface area contributed by atoms with Crippen LogP contribution in [0.2, 0.25) is 0 Å². The van der Waals surface area contributed by atoms with Gasteiger partial charge in [0.1, 0.15) is 5.82 Å². The number of aliphatic hydroxyl groups excluding tert-OH is 1. The molecule has 0 spiro atoms. The Morgan fingerprint density at radius 3 is 2.65 bits per heavy atom. The molecular weight excluding hydrogens is 253 g/mol. The molecule has 1 saturated carbocycles. The summed E-state index contributed by atoms with van der Waals surface area (Å²) in [7, 11) is 0. The first-order chi connectivity index (χ1) is 9.61. The highest BCUT2D eigenvalue weighted by atomic mass is 19.1. The Hall–Kier alpha value is -0.930. The van der Waals surface area contributed by atoms with Crippen molar-refractivity contribution >= 4 is 0 Å². The molecule has 0 bridgehead atoms. The van der Waals surface area contributed by atoms with E-state index in [2.05, 4.69) is 11.8 Å². The van der Waals surface area contributed by atoms with Gasteiger partial charge < -0.3 is 10.0 Å². The van der Waals surface area contributed by atoms with E-state index in [9.17, 15) is 9.50 Å². The average molecular weight is 279 g/mol. The standard InChI is InChI=1S/C17H26FNO/c1-3-10-19(12-14-8-9-14)11-13(2)17(20)15-6-4-5-7-16(15)18/h4-7,13-14,17,20H,3,8-12H2,1-2H3. The summed E-state index contributed by atoms with van der Waals surface area (Å²) in [4.78, 5) is 2.42. The lowest BCUT2D eigenvalue weighted by Gasteiger charge is -2.28. The predicted molar refractivity (Wildman–Crippen MR) is 80.0 cm³/mol. The Labute approximate surface area is 121 Å². The van der Waals surface area contributed by atoms with Gasteiger partial charge in [-0.15, -0.1) is 0 Å². The monoisotopic (exact) mass is 279 g/mol. The zero-order valence-corrected chi connectivity index (χ0v) is 12.6. The maximum Gasteiger partial charge on any atom is 0.129 e. The van der Waals surface area contributed by atoms with Crippen molar-refractivity contribution in [2.75, 3.05) is 19.6 Å². The van der Waals surface area contributed by atoms with Crippen molar-refractivity contribution in [3.63, 3.8) is 0 Å². The molecule has 0 aliphatic heterocycles. The Morgan fingerprint density at radius 2 is 2.05 bits per heavy atom. The SMILES string of the molecule is CCCN(CC1CC1)CC(C)C(O)c1ccccc1F. The van der Waals surface area contributed by atoms with E-state index in [1.807, 2.05) is 6.92 Å². The topological polar surface area (TPSA) is 23.5 Å². The summed E-state index contributed by atoms with van der Waals surface area (Å²) in [5.74, 6) is 0.577. The molecule has 1 aromatic rings. The molecular formula is C17H26FNO. The van der Waals surface area contributed by atoms with Gasteiger partial charge in [-0.2, -0.15) is 0 Å². The number of rotatable bonds is 8. The number of aliphatic hydroxyl groups is 1. The van der Waals surface area contributed by atoms with Crippen LogP contribution in [0.15, 0.2) is 24.3 Å². The van der Waals surface area contributed by atoms with Gasteiger partial charge in [-0.25, -0.2) is 4.39 Å². The van der Waals surface area contributed by atoms with Crippen LogP contribution in [0.25, 0.3) is 0 Å². The minimum absolute atomic E-state index is 0.0391. The van der Waals surface area contributed by atoms with Gasteiger partial charge in [-0.05, 0) is 43.7 Å². The van der Waals surface area contributed by atoms with Crippen molar-refractivity contribution in [3.05, 3.63) is 35.6 Å². The van der Waals surface area contributed by atoms with Gasteiger partial charge in [-0.1, -0.05) is 32.0 Å². The average Bonchev–Trinajstić information content (AvgIpc) is 3.22. The lowest BCUT2D eigenvalue weighted by molar-refractivity contribution is 0.0836. The zero-order valence-electron chi connectivity index (χ0n) is 12.6. The number of nitrogens with zero attached hydrogens (tertiary/aromatic N) is 1. The molecule has 0 heterocycles. The van der Waals surface area contributed by atoms with Crippen LogP contribution in [0, 0.1) is 17.7 Å². The zero-order chi connectivity index (χ0) is 14.5. The molecule has 1 N–H and O–H groups in total. The van der Waals surface area contributed by atoms with Crippen LogP contribution in [0.3, 0.4) is 0 Å². The fourth-order valence-electron chi connectivity index (χ4n) is 2.77. The van der Waals surface area contributed by atoms with E-state index in [4.69, 9.17) is 0 Å². The fourth-order valence-corrected chi connectivity index (χ4v) is 2.77. The molecule has 0 saturated heterocycles. The smallest absolute Gasteiger partial charge is 0.129 e. The molecule has 0 radical (unpaired) electrons. The van der Waals surface area contributed by atoms with Crippen LogP contribution >= 0.6 is 0 Å². The molecule has 3 heteroatoms. The molecule has 2 atom stereocenters. The second-order valence-electron chi connectivity index (χ2n) is 6.15. The lowest BCUT2D eigenvalue weighted by Crippen LogP contribution is -2.33. The Morgan fingerprint density at radius 1 is 1.35 bits per heavy atom. The van der Waals surface area contributed by atoms with Gasteiger partial charge in [0, 0.05) is 18.7 Å². The van der Waals surface area contributed by atoms with Crippen molar-refractivity contribution < 1.29 is 9.50 Å². The normalized spacial score (nSPS) is 18.2. The Balaban J connectivity index is 1.94. The maximum atomic E-state index is 13.7. The van der Waals surface area contributed by atoms with Gasteiger partial charge in [0.05, 0.1) is 6.10 Å². The Kier molecular flexibility index (Phi) is 5.55. The quantitative estimate of drug-likeness (QED) is 0.785. The number of halogens is 1. The van der Waals surface area contributed by atoms with Crippen LogP contribution in [0.4, 0.5) is 4.39 Å². The highest BCUT2D eigenvalue weighted by Crippen LogP contribution is 2.31. The third-order valence-corrected chi connectivity index (χ3v) is 4.06. The van der Waals surface area contributed by atoms with E-state index in [1.165, 1.54) is 18.9 Å². The van der Waals surface area contributed by atoms with Crippen LogP contribution in [0.5, 0.6) is 0 Å². The second-order valence-corrected chi connectivity index (χ2v) is 6.15. The van der Waals surface area contributed by atoms with Gasteiger partial charge in [0.25, 0.3) is 0 Å². The minimum atomic E-state index is -0.727. The summed E-state index contributed by atoms with van der Waals surface area (Å²) < 4.78 is 13.7. The summed E-state index contributed by atoms with van der Waals surface area (Å²) in [5.41, 5.74) is 0.419. The first-order valence-corrected chi connectivity index (χ1v) is 7.76. The van der Waals surface area contributed by atoms with Crippen molar-refractivity contribution in [2.45, 2.75) is 39.2 Å². The molecule has 2 unspecified atom stereocenters. The highest BCUT2D eigenvalue weighted by Gasteiger charge is 2.27. The molecule has 2 nitrogen and oxygen atoms in total. The van der Waals surface area contributed by atoms with Crippen LogP contribution in [0.1, 0.15) is 44.8 Å². The van der Waals surface area contributed by atoms with E-state index in [-0.39, 0.29) is 11.7 Å². The van der Waals surface area contributed by atoms with Crippen LogP contribution in [-0.2, 0) is 0 Å². The molecule has 20 heavy (non-hydrogen) atoms. The van der Waals surface area contributed by atoms with E-state index >= 15 is 0 Å². The number of hydrogen-bond donors (Lipinski definition) is 1. The largest absolute Gasteiger partial charge is 0.388 e. The van der Waals surface area contributed by atoms with Crippen LogP contribution in [-0.4, -0.2) is 29.6 Å². The summed E-state index contributed by atoms with van der Waals surface area (Å²) in [6.07, 6.45) is 3.07. The molecule has 0 aromatic heterocycles. The van der Waals surface area contributed by atoms with Gasteiger partial charge in [0.2, 0.25) is 0 Å². The van der Waals surface area contributed by atoms with Crippen molar-refractivity contribution in [1.29, 1.82) is 0 Å². The molecule has 1 fully saturated rings. The van der Waals surface area contributed by atoms with E-state index < -0.39 is 6.10 Å². The van der Waals surface area contributed by atoms with E-state index in [0.717, 1.165) is 32.0 Å². The molecule has 1 aliphatic rings.